The fourth-order valence-corrected chi connectivity index (χ4v) is 2.24. The third-order valence-corrected chi connectivity index (χ3v) is 3.21. The van der Waals surface area contributed by atoms with E-state index in [0.717, 1.165) is 12.1 Å². The lowest BCUT2D eigenvalue weighted by Crippen LogP contribution is -2.23. The van der Waals surface area contributed by atoms with Gasteiger partial charge in [-0.1, -0.05) is 6.07 Å². The van der Waals surface area contributed by atoms with Crippen LogP contribution in [-0.2, 0) is 4.79 Å². The van der Waals surface area contributed by atoms with E-state index in [1.807, 2.05) is 6.07 Å². The van der Waals surface area contributed by atoms with Crippen LogP contribution in [0.5, 0.6) is 0 Å². The number of aromatic nitrogens is 3. The highest BCUT2D eigenvalue weighted by molar-refractivity contribution is 6.02. The molecule has 0 unspecified atom stereocenters. The lowest BCUT2D eigenvalue weighted by atomic mass is 10.2. The summed E-state index contributed by atoms with van der Waals surface area (Å²) >= 11 is 0. The van der Waals surface area contributed by atoms with Crippen LogP contribution < -0.4 is 16.0 Å². The van der Waals surface area contributed by atoms with Crippen molar-refractivity contribution < 1.29 is 9.59 Å². The number of nitrogens with one attached hydrogen (secondary N) is 2. The van der Waals surface area contributed by atoms with Crippen LogP contribution in [-0.4, -0.2) is 33.5 Å². The second-order valence-corrected chi connectivity index (χ2v) is 4.70. The largest absolute Gasteiger partial charge is 0.366 e. The fourth-order valence-electron chi connectivity index (χ4n) is 2.24. The molecule has 0 bridgehead atoms. The predicted octanol–water partition coefficient (Wildman–Crippen LogP) is 0.766. The molecule has 1 aliphatic heterocycles. The summed E-state index contributed by atoms with van der Waals surface area (Å²) in [7, 11) is 0. The third kappa shape index (κ3) is 2.69. The molecular weight excluding hydrogens is 272 g/mol. The summed E-state index contributed by atoms with van der Waals surface area (Å²) in [5.74, 6) is -0.294. The number of carbonyl (C=O) groups excluding carboxylic acids is 2. The molecule has 8 heteroatoms. The number of H-pyrrole nitrogens is 1. The minimum Gasteiger partial charge on any atom is -0.366 e. The number of nitrogens with zero attached hydrogens (tertiary/aromatic N) is 3. The zero-order valence-corrected chi connectivity index (χ0v) is 11.2. The Morgan fingerprint density at radius 3 is 2.95 bits per heavy atom. The maximum Gasteiger partial charge on any atom is 0.293 e. The minimum atomic E-state index is -0.441. The van der Waals surface area contributed by atoms with Gasteiger partial charge in [-0.2, -0.15) is 4.98 Å². The predicted molar refractivity (Wildman–Crippen MR) is 76.8 cm³/mol. The van der Waals surface area contributed by atoms with Gasteiger partial charge >= 0.3 is 0 Å². The van der Waals surface area contributed by atoms with E-state index in [0.29, 0.717) is 18.7 Å². The van der Waals surface area contributed by atoms with Crippen LogP contribution in [0.1, 0.15) is 23.5 Å². The van der Waals surface area contributed by atoms with Gasteiger partial charge < -0.3 is 16.0 Å². The fraction of sp³-hybridized carbons (Fsp3) is 0.231. The number of rotatable bonds is 3. The lowest BCUT2D eigenvalue weighted by Gasteiger charge is -2.16. The quantitative estimate of drug-likeness (QED) is 0.770. The molecule has 1 saturated heterocycles. The van der Waals surface area contributed by atoms with E-state index < -0.39 is 5.91 Å². The molecule has 2 heterocycles. The highest BCUT2D eigenvalue weighted by Gasteiger charge is 2.22. The van der Waals surface area contributed by atoms with E-state index >= 15 is 0 Å². The molecule has 21 heavy (non-hydrogen) atoms. The Kier molecular flexibility index (Phi) is 3.27. The molecule has 108 valence electrons. The average molecular weight is 286 g/mol. The van der Waals surface area contributed by atoms with Gasteiger partial charge in [-0.25, -0.2) is 0 Å². The number of aromatic amines is 1. The highest BCUT2D eigenvalue weighted by Crippen LogP contribution is 2.24. The van der Waals surface area contributed by atoms with Gasteiger partial charge in [0.05, 0.1) is 0 Å². The number of benzene rings is 1. The lowest BCUT2D eigenvalue weighted by molar-refractivity contribution is -0.117. The SMILES string of the molecule is Nc1n[nH]c(C(=O)Nc2cccc(N3CCCC3=O)c2)n1. The Bertz CT molecular complexity index is 695. The molecule has 0 saturated carbocycles. The molecule has 4 N–H and O–H groups in total. The van der Waals surface area contributed by atoms with Crippen LogP contribution in [0.2, 0.25) is 0 Å². The summed E-state index contributed by atoms with van der Waals surface area (Å²) in [5, 5.41) is 8.72. The number of carbonyl (C=O) groups is 2. The summed E-state index contributed by atoms with van der Waals surface area (Å²) < 4.78 is 0. The van der Waals surface area contributed by atoms with Crippen LogP contribution in [0.3, 0.4) is 0 Å². The molecular formula is C13H14N6O2. The Hall–Kier alpha value is -2.90. The van der Waals surface area contributed by atoms with Crippen molar-refractivity contribution in [1.82, 2.24) is 15.2 Å². The molecule has 0 aliphatic carbocycles. The van der Waals surface area contributed by atoms with Crippen LogP contribution in [0.25, 0.3) is 0 Å². The van der Waals surface area contributed by atoms with Crippen molar-refractivity contribution in [2.75, 3.05) is 22.5 Å². The summed E-state index contributed by atoms with van der Waals surface area (Å²) in [6.07, 6.45) is 1.42. The van der Waals surface area contributed by atoms with Gasteiger partial charge in [-0.3, -0.25) is 14.7 Å². The van der Waals surface area contributed by atoms with Crippen LogP contribution in [0.4, 0.5) is 17.3 Å². The monoisotopic (exact) mass is 286 g/mol. The Morgan fingerprint density at radius 2 is 2.29 bits per heavy atom. The van der Waals surface area contributed by atoms with Gasteiger partial charge in [-0.05, 0) is 24.6 Å². The van der Waals surface area contributed by atoms with E-state index in [-0.39, 0.29) is 17.7 Å². The van der Waals surface area contributed by atoms with E-state index in [1.165, 1.54) is 0 Å². The normalized spacial score (nSPS) is 14.5. The second kappa shape index (κ2) is 5.23. The summed E-state index contributed by atoms with van der Waals surface area (Å²) in [6.45, 7) is 0.703. The topological polar surface area (TPSA) is 117 Å². The van der Waals surface area contributed by atoms with Gasteiger partial charge in [-0.15, -0.1) is 5.10 Å². The number of amides is 2. The number of hydrogen-bond acceptors (Lipinski definition) is 5. The molecule has 2 amide bonds. The Balaban J connectivity index is 1.77. The average Bonchev–Trinajstić information content (AvgIpc) is 3.08. The van der Waals surface area contributed by atoms with Gasteiger partial charge in [0.25, 0.3) is 5.91 Å². The van der Waals surface area contributed by atoms with Gasteiger partial charge in [0.15, 0.2) is 0 Å². The first kappa shape index (κ1) is 13.1. The highest BCUT2D eigenvalue weighted by atomic mass is 16.2. The number of hydrogen-bond donors (Lipinski definition) is 3. The van der Waals surface area contributed by atoms with E-state index in [4.69, 9.17) is 5.73 Å². The molecule has 1 aromatic carbocycles. The van der Waals surface area contributed by atoms with Crippen molar-refractivity contribution in [3.63, 3.8) is 0 Å². The molecule has 8 nitrogen and oxygen atoms in total. The van der Waals surface area contributed by atoms with Crippen LogP contribution in [0, 0.1) is 0 Å². The van der Waals surface area contributed by atoms with Gasteiger partial charge in [0.1, 0.15) is 0 Å². The summed E-state index contributed by atoms with van der Waals surface area (Å²) in [4.78, 5) is 29.1. The first-order valence-electron chi connectivity index (χ1n) is 6.53. The van der Waals surface area contributed by atoms with Crippen molar-refractivity contribution in [3.05, 3.63) is 30.1 Å². The number of anilines is 3. The Morgan fingerprint density at radius 1 is 1.43 bits per heavy atom. The van der Waals surface area contributed by atoms with Crippen molar-refractivity contribution >= 4 is 29.1 Å². The molecule has 0 atom stereocenters. The smallest absolute Gasteiger partial charge is 0.293 e. The third-order valence-electron chi connectivity index (χ3n) is 3.21. The van der Waals surface area contributed by atoms with Gasteiger partial charge in [0, 0.05) is 24.3 Å². The Labute approximate surface area is 120 Å². The molecule has 0 spiro atoms. The van der Waals surface area contributed by atoms with Gasteiger partial charge in [0.2, 0.25) is 17.7 Å². The maximum atomic E-state index is 11.9. The second-order valence-electron chi connectivity index (χ2n) is 4.70. The zero-order chi connectivity index (χ0) is 14.8. The van der Waals surface area contributed by atoms with Crippen molar-refractivity contribution in [3.8, 4) is 0 Å². The molecule has 0 radical (unpaired) electrons. The van der Waals surface area contributed by atoms with E-state index in [2.05, 4.69) is 20.5 Å². The van der Waals surface area contributed by atoms with E-state index in [1.54, 1.807) is 23.1 Å². The van der Waals surface area contributed by atoms with E-state index in [9.17, 15) is 9.59 Å². The summed E-state index contributed by atoms with van der Waals surface area (Å²) in [5.41, 5.74) is 6.70. The molecule has 2 aromatic rings. The number of nitrogen functional groups attached to an aromatic ring is 1. The zero-order valence-electron chi connectivity index (χ0n) is 11.2. The maximum absolute atomic E-state index is 11.9. The van der Waals surface area contributed by atoms with Crippen LogP contribution >= 0.6 is 0 Å². The van der Waals surface area contributed by atoms with Crippen LogP contribution in [0.15, 0.2) is 24.3 Å². The molecule has 3 rings (SSSR count). The standard InChI is InChI=1S/C13H14N6O2/c14-13-16-11(17-18-13)12(21)15-8-3-1-4-9(7-8)19-6-2-5-10(19)20/h1,3-4,7H,2,5-6H2,(H,15,21)(H3,14,16,17,18). The minimum absolute atomic E-state index is 0.0107. The number of nitrogens with two attached hydrogens (primary N) is 1. The first-order chi connectivity index (χ1) is 10.1. The first-order valence-corrected chi connectivity index (χ1v) is 6.53. The van der Waals surface area contributed by atoms with Crippen molar-refractivity contribution in [2.24, 2.45) is 0 Å². The molecule has 1 aliphatic rings. The van der Waals surface area contributed by atoms with Crippen molar-refractivity contribution in [1.29, 1.82) is 0 Å². The molecule has 1 fully saturated rings. The molecule has 1 aromatic heterocycles. The van der Waals surface area contributed by atoms with Crippen molar-refractivity contribution in [2.45, 2.75) is 12.8 Å². The summed E-state index contributed by atoms with van der Waals surface area (Å²) in [6, 6.07) is 7.11.